The summed E-state index contributed by atoms with van der Waals surface area (Å²) < 4.78 is 38.8. The van der Waals surface area contributed by atoms with Crippen LogP contribution in [-0.4, -0.2) is 32.1 Å². The highest BCUT2D eigenvalue weighted by molar-refractivity contribution is 7.92. The van der Waals surface area contributed by atoms with E-state index in [4.69, 9.17) is 0 Å². The molecule has 0 spiro atoms. The molecule has 0 radical (unpaired) electrons. The standard InChI is InChI=1S/C18H16FN3O3S/c1-26(24,25)22(12-17(23)21-15-8-3-7-14(19)11-15)16-9-2-5-13-6-4-10-20-18(13)16/h2-11H,12H2,1H3,(H,21,23). The third-order valence-corrected chi connectivity index (χ3v) is 4.80. The van der Waals surface area contributed by atoms with Crippen LogP contribution in [0.1, 0.15) is 0 Å². The third-order valence-electron chi connectivity index (χ3n) is 3.68. The quantitative estimate of drug-likeness (QED) is 0.746. The Morgan fingerprint density at radius 2 is 1.88 bits per heavy atom. The molecular formula is C18H16FN3O3S. The van der Waals surface area contributed by atoms with E-state index in [0.29, 0.717) is 11.2 Å². The maximum atomic E-state index is 13.2. The molecule has 1 heterocycles. The molecule has 6 nitrogen and oxygen atoms in total. The maximum absolute atomic E-state index is 13.2. The number of fused-ring (bicyclic) bond motifs is 1. The summed E-state index contributed by atoms with van der Waals surface area (Å²) in [5.74, 6) is -1.09. The maximum Gasteiger partial charge on any atom is 0.245 e. The van der Waals surface area contributed by atoms with Crippen LogP contribution in [0.15, 0.2) is 60.8 Å². The molecule has 0 atom stereocenters. The number of carbonyl (C=O) groups excluding carboxylic acids is 1. The zero-order chi connectivity index (χ0) is 18.7. The van der Waals surface area contributed by atoms with Crippen molar-refractivity contribution in [3.63, 3.8) is 0 Å². The molecule has 0 saturated carbocycles. The van der Waals surface area contributed by atoms with Crippen molar-refractivity contribution in [3.05, 3.63) is 66.6 Å². The van der Waals surface area contributed by atoms with E-state index in [2.05, 4.69) is 10.3 Å². The number of amides is 1. The summed E-state index contributed by atoms with van der Waals surface area (Å²) in [6.07, 6.45) is 2.57. The van der Waals surface area contributed by atoms with Crippen molar-refractivity contribution >= 4 is 38.2 Å². The van der Waals surface area contributed by atoms with E-state index < -0.39 is 28.3 Å². The Bertz CT molecular complexity index is 1060. The first-order chi connectivity index (χ1) is 12.3. The normalized spacial score (nSPS) is 11.3. The van der Waals surface area contributed by atoms with E-state index in [9.17, 15) is 17.6 Å². The first-order valence-corrected chi connectivity index (χ1v) is 9.56. The summed E-state index contributed by atoms with van der Waals surface area (Å²) in [5, 5.41) is 3.25. The summed E-state index contributed by atoms with van der Waals surface area (Å²) in [6.45, 7) is -0.453. The fourth-order valence-electron chi connectivity index (χ4n) is 2.57. The van der Waals surface area contributed by atoms with Gasteiger partial charge in [-0.05, 0) is 30.3 Å². The largest absolute Gasteiger partial charge is 0.324 e. The van der Waals surface area contributed by atoms with Crippen LogP contribution in [0.2, 0.25) is 0 Å². The number of nitrogens with one attached hydrogen (secondary N) is 1. The molecule has 0 bridgehead atoms. The first kappa shape index (κ1) is 17.8. The van der Waals surface area contributed by atoms with Gasteiger partial charge >= 0.3 is 0 Å². The van der Waals surface area contributed by atoms with Crippen molar-refractivity contribution in [3.8, 4) is 0 Å². The molecule has 0 aliphatic heterocycles. The minimum Gasteiger partial charge on any atom is -0.324 e. The lowest BCUT2D eigenvalue weighted by molar-refractivity contribution is -0.114. The lowest BCUT2D eigenvalue weighted by atomic mass is 10.2. The monoisotopic (exact) mass is 373 g/mol. The van der Waals surface area contributed by atoms with Crippen LogP contribution in [0.5, 0.6) is 0 Å². The van der Waals surface area contributed by atoms with E-state index >= 15 is 0 Å². The first-order valence-electron chi connectivity index (χ1n) is 7.71. The second-order valence-corrected chi connectivity index (χ2v) is 7.59. The topological polar surface area (TPSA) is 79.4 Å². The molecule has 26 heavy (non-hydrogen) atoms. The Kier molecular flexibility index (Phi) is 4.85. The molecule has 0 aliphatic rings. The molecule has 0 saturated heterocycles. The van der Waals surface area contributed by atoms with Crippen LogP contribution in [0.25, 0.3) is 10.9 Å². The Hall–Kier alpha value is -3.00. The lowest BCUT2D eigenvalue weighted by Crippen LogP contribution is -2.37. The van der Waals surface area contributed by atoms with Gasteiger partial charge in [0.05, 0.1) is 17.5 Å². The second-order valence-electron chi connectivity index (χ2n) is 5.68. The molecule has 0 unspecified atom stereocenters. The van der Waals surface area contributed by atoms with Gasteiger partial charge in [0.1, 0.15) is 12.4 Å². The number of para-hydroxylation sites is 1. The highest BCUT2D eigenvalue weighted by Crippen LogP contribution is 2.26. The van der Waals surface area contributed by atoms with Crippen LogP contribution in [-0.2, 0) is 14.8 Å². The molecule has 8 heteroatoms. The predicted octanol–water partition coefficient (Wildman–Crippen LogP) is 2.78. The predicted molar refractivity (Wildman–Crippen MR) is 99.0 cm³/mol. The number of aromatic nitrogens is 1. The number of rotatable bonds is 5. The fourth-order valence-corrected chi connectivity index (χ4v) is 3.42. The van der Waals surface area contributed by atoms with Crippen molar-refractivity contribution < 1.29 is 17.6 Å². The summed E-state index contributed by atoms with van der Waals surface area (Å²) >= 11 is 0. The molecule has 3 aromatic rings. The summed E-state index contributed by atoms with van der Waals surface area (Å²) in [4.78, 5) is 16.6. The minimum atomic E-state index is -3.75. The zero-order valence-electron chi connectivity index (χ0n) is 13.9. The molecule has 3 rings (SSSR count). The molecule has 0 fully saturated rings. The van der Waals surface area contributed by atoms with Crippen molar-refractivity contribution in [2.45, 2.75) is 0 Å². The number of nitrogens with zero attached hydrogens (tertiary/aromatic N) is 2. The molecule has 1 N–H and O–H groups in total. The zero-order valence-corrected chi connectivity index (χ0v) is 14.7. The molecule has 2 aromatic carbocycles. The SMILES string of the molecule is CS(=O)(=O)N(CC(=O)Nc1cccc(F)c1)c1cccc2cccnc12. The number of hydrogen-bond acceptors (Lipinski definition) is 4. The van der Waals surface area contributed by atoms with Crippen molar-refractivity contribution in [2.75, 3.05) is 22.4 Å². The smallest absolute Gasteiger partial charge is 0.245 e. The van der Waals surface area contributed by atoms with Crippen LogP contribution in [0.3, 0.4) is 0 Å². The van der Waals surface area contributed by atoms with Gasteiger partial charge in [0.25, 0.3) is 0 Å². The van der Waals surface area contributed by atoms with Gasteiger partial charge in [-0.25, -0.2) is 12.8 Å². The molecule has 1 aromatic heterocycles. The summed E-state index contributed by atoms with van der Waals surface area (Å²) in [5.41, 5.74) is 1.03. The van der Waals surface area contributed by atoms with E-state index in [1.807, 2.05) is 0 Å². The van der Waals surface area contributed by atoms with Gasteiger partial charge in [-0.15, -0.1) is 0 Å². The van der Waals surface area contributed by atoms with Gasteiger partial charge < -0.3 is 5.32 Å². The van der Waals surface area contributed by atoms with E-state index in [-0.39, 0.29) is 5.69 Å². The number of sulfonamides is 1. The second kappa shape index (κ2) is 7.09. The highest BCUT2D eigenvalue weighted by atomic mass is 32.2. The highest BCUT2D eigenvalue weighted by Gasteiger charge is 2.23. The van der Waals surface area contributed by atoms with Crippen molar-refractivity contribution in [1.82, 2.24) is 4.98 Å². The van der Waals surface area contributed by atoms with E-state index in [1.54, 1.807) is 36.5 Å². The lowest BCUT2D eigenvalue weighted by Gasteiger charge is -2.22. The number of benzene rings is 2. The third kappa shape index (κ3) is 3.97. The average molecular weight is 373 g/mol. The molecule has 1 amide bonds. The van der Waals surface area contributed by atoms with Crippen molar-refractivity contribution in [2.24, 2.45) is 0 Å². The Morgan fingerprint density at radius 3 is 2.62 bits per heavy atom. The Morgan fingerprint density at radius 1 is 1.15 bits per heavy atom. The van der Waals surface area contributed by atoms with Gasteiger partial charge in [-0.2, -0.15) is 0 Å². The number of hydrogen-bond donors (Lipinski definition) is 1. The Balaban J connectivity index is 1.93. The van der Waals surface area contributed by atoms with Crippen molar-refractivity contribution in [1.29, 1.82) is 0 Å². The van der Waals surface area contributed by atoms with Crippen LogP contribution in [0.4, 0.5) is 15.8 Å². The van der Waals surface area contributed by atoms with Crippen LogP contribution in [0, 0.1) is 5.82 Å². The van der Waals surface area contributed by atoms with Gasteiger partial charge in [0, 0.05) is 17.3 Å². The van der Waals surface area contributed by atoms with Crippen LogP contribution >= 0.6 is 0 Å². The summed E-state index contributed by atoms with van der Waals surface area (Å²) in [7, 11) is -3.75. The number of pyridine rings is 1. The molecular weight excluding hydrogens is 357 g/mol. The molecule has 0 aliphatic carbocycles. The Labute approximate surface area is 150 Å². The van der Waals surface area contributed by atoms with E-state index in [1.165, 1.54) is 18.2 Å². The number of anilines is 2. The van der Waals surface area contributed by atoms with E-state index in [0.717, 1.165) is 22.0 Å². The number of halogens is 1. The van der Waals surface area contributed by atoms with Gasteiger partial charge in [-0.1, -0.05) is 24.3 Å². The molecule has 134 valence electrons. The van der Waals surface area contributed by atoms with Gasteiger partial charge in [0.15, 0.2) is 0 Å². The van der Waals surface area contributed by atoms with Gasteiger partial charge in [-0.3, -0.25) is 14.1 Å². The average Bonchev–Trinajstić information content (AvgIpc) is 2.58. The fraction of sp³-hybridized carbons (Fsp3) is 0.111. The summed E-state index contributed by atoms with van der Waals surface area (Å²) in [6, 6.07) is 14.0. The van der Waals surface area contributed by atoms with Gasteiger partial charge in [0.2, 0.25) is 15.9 Å². The minimum absolute atomic E-state index is 0.250. The number of carbonyl (C=O) groups is 1. The van der Waals surface area contributed by atoms with Crippen LogP contribution < -0.4 is 9.62 Å².